The number of hydrogen-bond donors (Lipinski definition) is 1. The Hall–Kier alpha value is -0.840. The molecule has 0 saturated carbocycles. The zero-order valence-corrected chi connectivity index (χ0v) is 15.6. The first-order valence-corrected chi connectivity index (χ1v) is 8.34. The number of hydrogen-bond acceptors (Lipinski definition) is 2. The maximum atomic E-state index is 5.42. The van der Waals surface area contributed by atoms with E-state index in [-0.39, 0.29) is 5.54 Å². The Morgan fingerprint density at radius 3 is 2.24 bits per heavy atom. The maximum Gasteiger partial charge on any atom is 0.123 e. The molecular weight excluding hydrogens is 394 g/mol. The molecular formula is C17H19Br2NO. The highest BCUT2D eigenvalue weighted by Crippen LogP contribution is 2.26. The van der Waals surface area contributed by atoms with Crippen LogP contribution >= 0.6 is 31.9 Å². The quantitative estimate of drug-likeness (QED) is 0.724. The highest BCUT2D eigenvalue weighted by molar-refractivity contribution is 9.10. The molecule has 0 spiro atoms. The van der Waals surface area contributed by atoms with Gasteiger partial charge in [-0.3, -0.25) is 0 Å². The number of ether oxygens (including phenoxy) is 1. The fourth-order valence-electron chi connectivity index (χ4n) is 2.17. The van der Waals surface area contributed by atoms with E-state index in [4.69, 9.17) is 4.74 Å². The van der Waals surface area contributed by atoms with Gasteiger partial charge in [0.1, 0.15) is 5.75 Å². The minimum Gasteiger partial charge on any atom is -0.496 e. The predicted octanol–water partition coefficient (Wildman–Crippen LogP) is 5.25. The van der Waals surface area contributed by atoms with Gasteiger partial charge in [0.25, 0.3) is 0 Å². The van der Waals surface area contributed by atoms with E-state index in [1.807, 2.05) is 12.1 Å². The number of benzene rings is 2. The Morgan fingerprint density at radius 1 is 1.00 bits per heavy atom. The lowest BCUT2D eigenvalue weighted by Gasteiger charge is -2.27. The summed E-state index contributed by atoms with van der Waals surface area (Å²) in [5, 5.41) is 3.60. The van der Waals surface area contributed by atoms with Gasteiger partial charge in [-0.1, -0.05) is 44.0 Å². The van der Waals surface area contributed by atoms with Crippen molar-refractivity contribution in [3.05, 3.63) is 62.5 Å². The summed E-state index contributed by atoms with van der Waals surface area (Å²) in [6.07, 6.45) is 0. The molecule has 0 aromatic heterocycles. The highest BCUT2D eigenvalue weighted by atomic mass is 79.9. The lowest BCUT2D eigenvalue weighted by molar-refractivity contribution is 0.381. The van der Waals surface area contributed by atoms with Gasteiger partial charge in [-0.05, 0) is 49.7 Å². The van der Waals surface area contributed by atoms with Crippen molar-refractivity contribution < 1.29 is 4.74 Å². The van der Waals surface area contributed by atoms with Crippen LogP contribution in [0.1, 0.15) is 25.0 Å². The second kappa shape index (κ2) is 6.95. The van der Waals surface area contributed by atoms with E-state index in [1.165, 1.54) is 5.56 Å². The molecule has 0 amide bonds. The van der Waals surface area contributed by atoms with Gasteiger partial charge in [-0.25, -0.2) is 0 Å². The van der Waals surface area contributed by atoms with Gasteiger partial charge in [0.15, 0.2) is 0 Å². The molecule has 0 bridgehead atoms. The van der Waals surface area contributed by atoms with E-state index >= 15 is 0 Å². The smallest absolute Gasteiger partial charge is 0.123 e. The summed E-state index contributed by atoms with van der Waals surface area (Å²) >= 11 is 6.98. The zero-order chi connectivity index (χ0) is 15.5. The monoisotopic (exact) mass is 411 g/mol. The Kier molecular flexibility index (Phi) is 5.47. The molecule has 2 nitrogen and oxygen atoms in total. The van der Waals surface area contributed by atoms with Crippen molar-refractivity contribution in [2.24, 2.45) is 0 Å². The molecule has 4 heteroatoms. The second-order valence-corrected chi connectivity index (χ2v) is 7.27. The second-order valence-electron chi connectivity index (χ2n) is 5.44. The molecule has 0 heterocycles. The van der Waals surface area contributed by atoms with Crippen LogP contribution in [0, 0.1) is 0 Å². The summed E-state index contributed by atoms with van der Waals surface area (Å²) in [4.78, 5) is 0. The third kappa shape index (κ3) is 4.31. The van der Waals surface area contributed by atoms with Crippen LogP contribution in [-0.4, -0.2) is 7.11 Å². The Balaban J connectivity index is 2.14. The third-order valence-electron chi connectivity index (χ3n) is 3.53. The van der Waals surface area contributed by atoms with Gasteiger partial charge in [-0.15, -0.1) is 0 Å². The van der Waals surface area contributed by atoms with E-state index in [1.54, 1.807) is 7.11 Å². The fourth-order valence-corrected chi connectivity index (χ4v) is 2.84. The molecule has 0 aliphatic carbocycles. The van der Waals surface area contributed by atoms with Crippen molar-refractivity contribution >= 4 is 31.9 Å². The summed E-state index contributed by atoms with van der Waals surface area (Å²) < 4.78 is 7.57. The molecule has 0 radical (unpaired) electrons. The molecule has 2 aromatic carbocycles. The molecule has 0 atom stereocenters. The minimum absolute atomic E-state index is 0.117. The normalized spacial score (nSPS) is 11.5. The molecule has 0 fully saturated rings. The Morgan fingerprint density at radius 2 is 1.62 bits per heavy atom. The van der Waals surface area contributed by atoms with Gasteiger partial charge in [-0.2, -0.15) is 0 Å². The van der Waals surface area contributed by atoms with E-state index in [0.29, 0.717) is 0 Å². The average Bonchev–Trinajstić information content (AvgIpc) is 2.46. The standard InChI is InChI=1S/C17H19Br2NO/c1-17(2,13-4-6-14(18)7-5-13)20-11-12-10-15(19)8-9-16(12)21-3/h4-10,20H,11H2,1-3H3. The molecule has 0 aliphatic rings. The summed E-state index contributed by atoms with van der Waals surface area (Å²) in [6, 6.07) is 14.5. The minimum atomic E-state index is -0.117. The first-order valence-electron chi connectivity index (χ1n) is 6.76. The van der Waals surface area contributed by atoms with Crippen LogP contribution in [0.5, 0.6) is 5.75 Å². The van der Waals surface area contributed by atoms with E-state index in [9.17, 15) is 0 Å². The van der Waals surface area contributed by atoms with Crippen molar-refractivity contribution in [1.82, 2.24) is 5.32 Å². The maximum absolute atomic E-state index is 5.42. The van der Waals surface area contributed by atoms with Gasteiger partial charge < -0.3 is 10.1 Å². The van der Waals surface area contributed by atoms with E-state index in [0.717, 1.165) is 26.8 Å². The van der Waals surface area contributed by atoms with Crippen LogP contribution in [0.2, 0.25) is 0 Å². The summed E-state index contributed by atoms with van der Waals surface area (Å²) in [5.74, 6) is 0.900. The van der Waals surface area contributed by atoms with Crippen LogP contribution in [0.25, 0.3) is 0 Å². The largest absolute Gasteiger partial charge is 0.496 e. The lowest BCUT2D eigenvalue weighted by atomic mass is 9.94. The first-order chi connectivity index (χ1) is 9.92. The van der Waals surface area contributed by atoms with Crippen LogP contribution in [0.15, 0.2) is 51.4 Å². The topological polar surface area (TPSA) is 21.3 Å². The lowest BCUT2D eigenvalue weighted by Crippen LogP contribution is -2.36. The highest BCUT2D eigenvalue weighted by Gasteiger charge is 2.20. The third-order valence-corrected chi connectivity index (χ3v) is 4.55. The van der Waals surface area contributed by atoms with Crippen molar-refractivity contribution in [1.29, 1.82) is 0 Å². The summed E-state index contributed by atoms with van der Waals surface area (Å²) in [7, 11) is 1.70. The number of methoxy groups -OCH3 is 1. The van der Waals surface area contributed by atoms with Crippen LogP contribution in [0.4, 0.5) is 0 Å². The summed E-state index contributed by atoms with van der Waals surface area (Å²) in [6.45, 7) is 5.10. The molecule has 0 saturated heterocycles. The van der Waals surface area contributed by atoms with Crippen molar-refractivity contribution in [2.75, 3.05) is 7.11 Å². The molecule has 2 rings (SSSR count). The fraction of sp³-hybridized carbons (Fsp3) is 0.294. The predicted molar refractivity (Wildman–Crippen MR) is 94.7 cm³/mol. The number of rotatable bonds is 5. The Bertz CT molecular complexity index is 609. The van der Waals surface area contributed by atoms with Crippen molar-refractivity contribution in [2.45, 2.75) is 25.9 Å². The number of halogens is 2. The van der Waals surface area contributed by atoms with Gasteiger partial charge >= 0.3 is 0 Å². The first kappa shape index (κ1) is 16.5. The zero-order valence-electron chi connectivity index (χ0n) is 12.4. The van der Waals surface area contributed by atoms with Gasteiger partial charge in [0.2, 0.25) is 0 Å². The molecule has 0 aliphatic heterocycles. The number of nitrogens with one attached hydrogen (secondary N) is 1. The van der Waals surface area contributed by atoms with E-state index in [2.05, 4.69) is 81.4 Å². The Labute approximate surface area is 143 Å². The molecule has 21 heavy (non-hydrogen) atoms. The van der Waals surface area contributed by atoms with Crippen molar-refractivity contribution in [3.63, 3.8) is 0 Å². The molecule has 2 aromatic rings. The van der Waals surface area contributed by atoms with Gasteiger partial charge in [0.05, 0.1) is 7.11 Å². The molecule has 112 valence electrons. The van der Waals surface area contributed by atoms with Crippen LogP contribution in [-0.2, 0) is 12.1 Å². The molecule has 1 N–H and O–H groups in total. The molecule has 0 unspecified atom stereocenters. The SMILES string of the molecule is COc1ccc(Br)cc1CNC(C)(C)c1ccc(Br)cc1. The summed E-state index contributed by atoms with van der Waals surface area (Å²) in [5.41, 5.74) is 2.27. The average molecular weight is 413 g/mol. The van der Waals surface area contributed by atoms with Crippen LogP contribution in [0.3, 0.4) is 0 Å². The van der Waals surface area contributed by atoms with Crippen LogP contribution < -0.4 is 10.1 Å². The van der Waals surface area contributed by atoms with Crippen molar-refractivity contribution in [3.8, 4) is 5.75 Å². The van der Waals surface area contributed by atoms with Gasteiger partial charge in [0, 0.05) is 26.6 Å². The van der Waals surface area contributed by atoms with E-state index < -0.39 is 0 Å².